The molecule has 2 aliphatic carbocycles. The average Bonchev–Trinajstić information content (AvgIpc) is 3.82. The van der Waals surface area contributed by atoms with Gasteiger partial charge in [0, 0.05) is 33.9 Å². The Morgan fingerprint density at radius 1 is 0.333 bits per heavy atom. The van der Waals surface area contributed by atoms with Gasteiger partial charge in [-0.25, -0.2) is 0 Å². The van der Waals surface area contributed by atoms with Crippen LogP contribution in [0.1, 0.15) is 22.3 Å². The second-order valence-electron chi connectivity index (χ2n) is 13.6. The largest absolute Gasteiger partial charge is 0.456 e. The minimum atomic E-state index is -0.368. The van der Waals surface area contributed by atoms with Crippen LogP contribution < -0.4 is 4.90 Å². The fourth-order valence-corrected chi connectivity index (χ4v) is 8.96. The minimum Gasteiger partial charge on any atom is -0.456 e. The Morgan fingerprint density at radius 3 is 1.53 bits per heavy atom. The van der Waals surface area contributed by atoms with E-state index < -0.39 is 0 Å². The Hall–Kier alpha value is -6.64. The molecule has 2 nitrogen and oxygen atoms in total. The van der Waals surface area contributed by atoms with Gasteiger partial charge in [-0.3, -0.25) is 0 Å². The van der Waals surface area contributed by atoms with Crippen LogP contribution in [-0.4, -0.2) is 0 Å². The van der Waals surface area contributed by atoms with Crippen LogP contribution >= 0.6 is 0 Å². The van der Waals surface area contributed by atoms with E-state index in [1.165, 1.54) is 55.6 Å². The Labute approximate surface area is 296 Å². The van der Waals surface area contributed by atoms with E-state index in [9.17, 15) is 0 Å². The summed E-state index contributed by atoms with van der Waals surface area (Å²) in [7, 11) is 0. The lowest BCUT2D eigenvalue weighted by molar-refractivity contribution is 0.669. The molecule has 0 saturated carbocycles. The molecule has 238 valence electrons. The highest BCUT2D eigenvalue weighted by molar-refractivity contribution is 6.06. The Kier molecular flexibility index (Phi) is 5.91. The van der Waals surface area contributed by atoms with Gasteiger partial charge < -0.3 is 9.32 Å². The van der Waals surface area contributed by atoms with Crippen molar-refractivity contribution in [1.82, 2.24) is 0 Å². The highest BCUT2D eigenvalue weighted by Crippen LogP contribution is 2.63. The molecule has 11 rings (SSSR count). The van der Waals surface area contributed by atoms with Gasteiger partial charge in [-0.1, -0.05) is 140 Å². The SMILES string of the molecule is c1ccc(-c2ccc(N(c3ccc4c(c3)-c3ccccc3C43c4ccccc4-c4ccccc43)c3ccc4c(c3)oc3ccccc34)cc2)cc1. The number of benzene rings is 8. The van der Waals surface area contributed by atoms with Crippen molar-refractivity contribution in [2.45, 2.75) is 5.41 Å². The number of furan rings is 1. The normalized spacial score (nSPS) is 13.3. The highest BCUT2D eigenvalue weighted by atomic mass is 16.3. The zero-order valence-electron chi connectivity index (χ0n) is 27.8. The molecule has 0 saturated heterocycles. The summed E-state index contributed by atoms with van der Waals surface area (Å²) in [6, 6.07) is 68.4. The van der Waals surface area contributed by atoms with Crippen molar-refractivity contribution in [2.75, 3.05) is 4.90 Å². The van der Waals surface area contributed by atoms with Gasteiger partial charge in [0.15, 0.2) is 0 Å². The molecule has 0 radical (unpaired) electrons. The quantitative estimate of drug-likeness (QED) is 0.189. The van der Waals surface area contributed by atoms with Crippen molar-refractivity contribution in [2.24, 2.45) is 0 Å². The molecule has 0 N–H and O–H groups in total. The molecular weight excluding hydrogens is 619 g/mol. The summed E-state index contributed by atoms with van der Waals surface area (Å²) in [6.07, 6.45) is 0. The zero-order valence-corrected chi connectivity index (χ0v) is 27.8. The lowest BCUT2D eigenvalue weighted by Gasteiger charge is -2.31. The summed E-state index contributed by atoms with van der Waals surface area (Å²) in [4.78, 5) is 2.37. The van der Waals surface area contributed by atoms with Gasteiger partial charge in [-0.15, -0.1) is 0 Å². The predicted molar refractivity (Wildman–Crippen MR) is 210 cm³/mol. The minimum absolute atomic E-state index is 0.368. The van der Waals surface area contributed by atoms with E-state index in [4.69, 9.17) is 4.42 Å². The molecule has 51 heavy (non-hydrogen) atoms. The van der Waals surface area contributed by atoms with E-state index in [1.54, 1.807) is 0 Å². The first-order valence-electron chi connectivity index (χ1n) is 17.6. The van der Waals surface area contributed by atoms with Crippen LogP contribution in [0.25, 0.3) is 55.3 Å². The monoisotopic (exact) mass is 649 g/mol. The molecule has 0 aliphatic heterocycles. The van der Waals surface area contributed by atoms with Gasteiger partial charge in [-0.2, -0.15) is 0 Å². The van der Waals surface area contributed by atoms with Gasteiger partial charge in [0.1, 0.15) is 11.2 Å². The number of fused-ring (bicyclic) bond motifs is 13. The molecule has 0 unspecified atom stereocenters. The van der Waals surface area contributed by atoms with Gasteiger partial charge in [-0.05, 0) is 98.1 Å². The van der Waals surface area contributed by atoms with Crippen LogP contribution in [0.2, 0.25) is 0 Å². The molecule has 0 atom stereocenters. The second kappa shape index (κ2) is 10.7. The van der Waals surface area contributed by atoms with E-state index in [0.717, 1.165) is 39.0 Å². The summed E-state index contributed by atoms with van der Waals surface area (Å²) in [6.45, 7) is 0. The summed E-state index contributed by atoms with van der Waals surface area (Å²) >= 11 is 0. The third-order valence-corrected chi connectivity index (χ3v) is 11.1. The van der Waals surface area contributed by atoms with Crippen LogP contribution in [0.4, 0.5) is 17.1 Å². The molecule has 2 heteroatoms. The third kappa shape index (κ3) is 3.93. The first kappa shape index (κ1) is 28.2. The highest BCUT2D eigenvalue weighted by Gasteiger charge is 2.51. The van der Waals surface area contributed by atoms with E-state index in [0.29, 0.717) is 0 Å². The zero-order chi connectivity index (χ0) is 33.5. The lowest BCUT2D eigenvalue weighted by atomic mass is 9.70. The topological polar surface area (TPSA) is 16.4 Å². The van der Waals surface area contributed by atoms with Gasteiger partial charge >= 0.3 is 0 Å². The molecule has 1 heterocycles. The van der Waals surface area contributed by atoms with Crippen LogP contribution in [0.15, 0.2) is 192 Å². The first-order valence-corrected chi connectivity index (χ1v) is 17.6. The summed E-state index contributed by atoms with van der Waals surface area (Å²) < 4.78 is 6.42. The smallest absolute Gasteiger partial charge is 0.137 e. The first-order chi connectivity index (χ1) is 25.3. The standard InChI is InChI=1S/C49H31NO/c1-2-12-32(13-3-1)33-22-24-34(25-23-33)50(36-26-28-41-40-17-7-11-21-47(40)51-48(41)31-36)35-27-29-46-42(30-35)39-16-6-10-20-45(39)49(46)43-18-8-4-14-37(43)38-15-5-9-19-44(38)49/h1-31H. The average molecular weight is 650 g/mol. The van der Waals surface area contributed by atoms with Crippen molar-refractivity contribution in [3.8, 4) is 33.4 Å². The molecule has 0 fully saturated rings. The van der Waals surface area contributed by atoms with Crippen LogP contribution in [0.3, 0.4) is 0 Å². The van der Waals surface area contributed by atoms with E-state index >= 15 is 0 Å². The number of anilines is 3. The molecule has 1 spiro atoms. The number of nitrogens with zero attached hydrogens (tertiary/aromatic N) is 1. The van der Waals surface area contributed by atoms with Crippen LogP contribution in [0, 0.1) is 0 Å². The fourth-order valence-electron chi connectivity index (χ4n) is 8.96. The molecule has 0 amide bonds. The predicted octanol–water partition coefficient (Wildman–Crippen LogP) is 13.1. The molecule has 2 aliphatic rings. The van der Waals surface area contributed by atoms with E-state index in [1.807, 2.05) is 12.1 Å². The van der Waals surface area contributed by atoms with Gasteiger partial charge in [0.25, 0.3) is 0 Å². The van der Waals surface area contributed by atoms with Crippen molar-refractivity contribution >= 4 is 39.0 Å². The Morgan fingerprint density at radius 2 is 0.824 bits per heavy atom. The number of hydrogen-bond acceptors (Lipinski definition) is 2. The van der Waals surface area contributed by atoms with Crippen molar-refractivity contribution in [1.29, 1.82) is 0 Å². The fraction of sp³-hybridized carbons (Fsp3) is 0.0204. The Balaban J connectivity index is 1.14. The summed E-state index contributed by atoms with van der Waals surface area (Å²) in [5.74, 6) is 0. The van der Waals surface area contributed by atoms with Gasteiger partial charge in [0.2, 0.25) is 0 Å². The molecule has 8 aromatic carbocycles. The maximum atomic E-state index is 6.42. The lowest BCUT2D eigenvalue weighted by Crippen LogP contribution is -2.25. The molecule has 0 bridgehead atoms. The molecule has 9 aromatic rings. The van der Waals surface area contributed by atoms with Crippen molar-refractivity contribution in [3.63, 3.8) is 0 Å². The molecule has 1 aromatic heterocycles. The number of para-hydroxylation sites is 1. The van der Waals surface area contributed by atoms with Crippen molar-refractivity contribution < 1.29 is 4.42 Å². The maximum absolute atomic E-state index is 6.42. The summed E-state index contributed by atoms with van der Waals surface area (Å²) in [5.41, 5.74) is 17.6. The van der Waals surface area contributed by atoms with E-state index in [-0.39, 0.29) is 5.41 Å². The maximum Gasteiger partial charge on any atom is 0.137 e. The van der Waals surface area contributed by atoms with Crippen LogP contribution in [0.5, 0.6) is 0 Å². The second-order valence-corrected chi connectivity index (χ2v) is 13.6. The van der Waals surface area contributed by atoms with Crippen LogP contribution in [-0.2, 0) is 5.41 Å². The summed E-state index contributed by atoms with van der Waals surface area (Å²) in [5, 5.41) is 2.26. The number of hydrogen-bond donors (Lipinski definition) is 0. The molecular formula is C49H31NO. The van der Waals surface area contributed by atoms with Crippen molar-refractivity contribution in [3.05, 3.63) is 210 Å². The van der Waals surface area contributed by atoms with E-state index in [2.05, 4.69) is 181 Å². The number of rotatable bonds is 4. The third-order valence-electron chi connectivity index (χ3n) is 11.1. The Bertz CT molecular complexity index is 2760. The van der Waals surface area contributed by atoms with Gasteiger partial charge in [0.05, 0.1) is 5.41 Å².